The minimum absolute atomic E-state index is 0.516. The fraction of sp³-hybridized carbons (Fsp3) is 0.750. The van der Waals surface area contributed by atoms with Crippen molar-refractivity contribution in [3.8, 4) is 0 Å². The monoisotopic (exact) mass is 394 g/mol. The number of nitrogens with one attached hydrogen (secondary N) is 2. The molecule has 4 atom stereocenters. The Hall–Kier alpha value is -0.720. The zero-order valence-corrected chi connectivity index (χ0v) is 18.0. The number of likely N-dealkylation sites (tertiary alicyclic amines) is 1. The van der Waals surface area contributed by atoms with Gasteiger partial charge in [-0.25, -0.2) is 0 Å². The average molecular weight is 395 g/mol. The summed E-state index contributed by atoms with van der Waals surface area (Å²) in [6, 6.07) is 5.56. The summed E-state index contributed by atoms with van der Waals surface area (Å²) in [5, 5.41) is 10.2. The smallest absolute Gasteiger partial charge is 0.191 e. The molecule has 1 aliphatic heterocycles. The summed E-state index contributed by atoms with van der Waals surface area (Å²) in [5.41, 5.74) is 0. The van der Waals surface area contributed by atoms with Crippen molar-refractivity contribution in [2.75, 3.05) is 32.9 Å². The van der Waals surface area contributed by atoms with Crippen LogP contribution in [0.15, 0.2) is 22.5 Å². The molecule has 26 heavy (non-hydrogen) atoms. The maximum atomic E-state index is 5.01. The van der Waals surface area contributed by atoms with E-state index in [1.165, 1.54) is 43.5 Å². The van der Waals surface area contributed by atoms with Gasteiger partial charge in [0.15, 0.2) is 5.96 Å². The van der Waals surface area contributed by atoms with Crippen molar-refractivity contribution in [3.63, 3.8) is 0 Å². The Morgan fingerprint density at radius 2 is 2.27 bits per heavy atom. The van der Waals surface area contributed by atoms with Crippen LogP contribution >= 0.6 is 23.1 Å². The highest BCUT2D eigenvalue weighted by molar-refractivity contribution is 7.99. The van der Waals surface area contributed by atoms with Gasteiger partial charge in [-0.2, -0.15) is 11.8 Å². The molecule has 0 aromatic carbocycles. The van der Waals surface area contributed by atoms with Crippen LogP contribution in [0.3, 0.4) is 0 Å². The van der Waals surface area contributed by atoms with E-state index in [0.29, 0.717) is 18.0 Å². The number of nitrogens with zero attached hydrogens (tertiary/aromatic N) is 2. The normalized spacial score (nSPS) is 30.5. The van der Waals surface area contributed by atoms with E-state index in [9.17, 15) is 0 Å². The molecule has 4 unspecified atom stereocenters. The quantitative estimate of drug-likeness (QED) is 0.566. The van der Waals surface area contributed by atoms with Gasteiger partial charge in [-0.05, 0) is 76.2 Å². The molecule has 3 rings (SSSR count). The predicted molar refractivity (Wildman–Crippen MR) is 116 cm³/mol. The molecule has 2 N–H and O–H groups in total. The molecule has 2 heterocycles. The van der Waals surface area contributed by atoms with Crippen LogP contribution in [0.2, 0.25) is 0 Å². The third-order valence-corrected chi connectivity index (χ3v) is 7.77. The summed E-state index contributed by atoms with van der Waals surface area (Å²) in [5.74, 6) is 1.61. The molecule has 6 heteroatoms. The molecule has 1 aromatic rings. The average Bonchev–Trinajstić information content (AvgIpc) is 3.31. The highest BCUT2D eigenvalue weighted by Gasteiger charge is 2.31. The van der Waals surface area contributed by atoms with Crippen LogP contribution in [0.4, 0.5) is 0 Å². The largest absolute Gasteiger partial charge is 0.357 e. The number of hydrogen-bond acceptors (Lipinski definition) is 4. The van der Waals surface area contributed by atoms with Gasteiger partial charge < -0.3 is 10.6 Å². The predicted octanol–water partition coefficient (Wildman–Crippen LogP) is 3.97. The Morgan fingerprint density at radius 3 is 2.96 bits per heavy atom. The maximum Gasteiger partial charge on any atom is 0.191 e. The summed E-state index contributed by atoms with van der Waals surface area (Å²) in [6.07, 6.45) is 8.63. The standard InChI is InChI=1S/C20H34N4S2/c1-4-21-20(23-16-9-10-17(13-16)25-3)22-14-15-7-5-11-24(2)19(15)18-8-6-12-26-18/h6,8,12,15-17,19H,4-5,7,9-11,13-14H2,1-3H3,(H2,21,22,23). The van der Waals surface area contributed by atoms with Crippen LogP contribution < -0.4 is 10.6 Å². The lowest BCUT2D eigenvalue weighted by Crippen LogP contribution is -2.43. The lowest BCUT2D eigenvalue weighted by molar-refractivity contribution is 0.128. The van der Waals surface area contributed by atoms with Crippen molar-refractivity contribution in [2.24, 2.45) is 10.9 Å². The van der Waals surface area contributed by atoms with Gasteiger partial charge in [0.2, 0.25) is 0 Å². The fourth-order valence-electron chi connectivity index (χ4n) is 4.37. The zero-order valence-electron chi connectivity index (χ0n) is 16.4. The van der Waals surface area contributed by atoms with E-state index in [4.69, 9.17) is 4.99 Å². The van der Waals surface area contributed by atoms with Gasteiger partial charge in [-0.15, -0.1) is 11.3 Å². The van der Waals surface area contributed by atoms with Crippen molar-refractivity contribution < 1.29 is 0 Å². The molecule has 4 nitrogen and oxygen atoms in total. The van der Waals surface area contributed by atoms with Crippen LogP contribution in [-0.4, -0.2) is 55.1 Å². The summed E-state index contributed by atoms with van der Waals surface area (Å²) in [4.78, 5) is 9.03. The number of thioether (sulfide) groups is 1. The Balaban J connectivity index is 1.63. The van der Waals surface area contributed by atoms with E-state index in [-0.39, 0.29) is 0 Å². The first-order chi connectivity index (χ1) is 12.7. The molecular weight excluding hydrogens is 360 g/mol. The van der Waals surface area contributed by atoms with E-state index in [0.717, 1.165) is 24.3 Å². The lowest BCUT2D eigenvalue weighted by Gasteiger charge is -2.38. The van der Waals surface area contributed by atoms with Crippen molar-refractivity contribution in [3.05, 3.63) is 22.4 Å². The fourth-order valence-corrected chi connectivity index (χ4v) is 6.15. The molecule has 0 bridgehead atoms. The van der Waals surface area contributed by atoms with Crippen molar-refractivity contribution >= 4 is 29.1 Å². The van der Waals surface area contributed by atoms with Gasteiger partial charge in [0, 0.05) is 35.3 Å². The molecule has 1 aliphatic carbocycles. The van der Waals surface area contributed by atoms with Gasteiger partial charge in [-0.3, -0.25) is 9.89 Å². The van der Waals surface area contributed by atoms with Gasteiger partial charge >= 0.3 is 0 Å². The first-order valence-corrected chi connectivity index (χ1v) is 12.2. The zero-order chi connectivity index (χ0) is 18.4. The molecular formula is C20H34N4S2. The van der Waals surface area contributed by atoms with Crippen molar-refractivity contribution in [1.29, 1.82) is 0 Å². The Bertz CT molecular complexity index is 560. The van der Waals surface area contributed by atoms with E-state index in [2.05, 4.69) is 53.3 Å². The highest BCUT2D eigenvalue weighted by Crippen LogP contribution is 2.37. The minimum atomic E-state index is 0.516. The second-order valence-corrected chi connectivity index (χ2v) is 9.69. The number of guanidine groups is 1. The first kappa shape index (κ1) is 20.0. The van der Waals surface area contributed by atoms with Gasteiger partial charge in [-0.1, -0.05) is 6.07 Å². The van der Waals surface area contributed by atoms with E-state index in [1.54, 1.807) is 0 Å². The number of aliphatic imine (C=N–C) groups is 1. The van der Waals surface area contributed by atoms with Crippen LogP contribution in [0.5, 0.6) is 0 Å². The summed E-state index contributed by atoms with van der Waals surface area (Å²) < 4.78 is 0. The van der Waals surface area contributed by atoms with Crippen LogP contribution in [-0.2, 0) is 0 Å². The van der Waals surface area contributed by atoms with Crippen molar-refractivity contribution in [1.82, 2.24) is 15.5 Å². The second kappa shape index (κ2) is 10.00. The van der Waals surface area contributed by atoms with Gasteiger partial charge in [0.05, 0.1) is 0 Å². The van der Waals surface area contributed by atoms with E-state index < -0.39 is 0 Å². The number of piperidine rings is 1. The van der Waals surface area contributed by atoms with Crippen LogP contribution in [0, 0.1) is 5.92 Å². The Kier molecular flexibility index (Phi) is 7.70. The first-order valence-electron chi connectivity index (χ1n) is 10.0. The molecule has 2 aliphatic rings. The number of rotatable bonds is 6. The summed E-state index contributed by atoms with van der Waals surface area (Å²) in [7, 11) is 2.27. The third kappa shape index (κ3) is 5.17. The Morgan fingerprint density at radius 1 is 1.38 bits per heavy atom. The lowest BCUT2D eigenvalue weighted by atomic mass is 9.88. The molecule has 1 saturated carbocycles. The number of hydrogen-bond donors (Lipinski definition) is 2. The maximum absolute atomic E-state index is 5.01. The number of thiophene rings is 1. The molecule has 146 valence electrons. The molecule has 0 amide bonds. The van der Waals surface area contributed by atoms with Gasteiger partial charge in [0.1, 0.15) is 0 Å². The molecule has 2 fully saturated rings. The van der Waals surface area contributed by atoms with Crippen LogP contribution in [0.1, 0.15) is 49.9 Å². The molecule has 1 saturated heterocycles. The second-order valence-electron chi connectivity index (χ2n) is 7.57. The summed E-state index contributed by atoms with van der Waals surface area (Å²) in [6.45, 7) is 5.17. The topological polar surface area (TPSA) is 39.7 Å². The van der Waals surface area contributed by atoms with Crippen molar-refractivity contribution in [2.45, 2.75) is 56.4 Å². The third-order valence-electron chi connectivity index (χ3n) is 5.73. The van der Waals surface area contributed by atoms with E-state index in [1.807, 2.05) is 23.1 Å². The Labute approximate surface area is 167 Å². The molecule has 1 aromatic heterocycles. The SMILES string of the molecule is CCNC(=NCC1CCCN(C)C1c1cccs1)NC1CCC(SC)C1. The minimum Gasteiger partial charge on any atom is -0.357 e. The van der Waals surface area contributed by atoms with Crippen LogP contribution in [0.25, 0.3) is 0 Å². The molecule has 0 spiro atoms. The molecule has 0 radical (unpaired) electrons. The highest BCUT2D eigenvalue weighted by atomic mass is 32.2. The van der Waals surface area contributed by atoms with E-state index >= 15 is 0 Å². The van der Waals surface area contributed by atoms with Gasteiger partial charge in [0.25, 0.3) is 0 Å². The summed E-state index contributed by atoms with van der Waals surface area (Å²) >= 11 is 3.89.